The first-order valence-corrected chi connectivity index (χ1v) is 7.29. The molecule has 1 aromatic carbocycles. The van der Waals surface area contributed by atoms with Gasteiger partial charge in [-0.05, 0) is 24.0 Å². The summed E-state index contributed by atoms with van der Waals surface area (Å²) in [6, 6.07) is 6.14. The molecule has 1 atom stereocenters. The third kappa shape index (κ3) is 3.81. The molecule has 110 valence electrons. The van der Waals surface area contributed by atoms with Crippen molar-refractivity contribution >= 4 is 11.6 Å². The Hall–Kier alpha value is -1.39. The number of ether oxygens (including phenoxy) is 1. The van der Waals surface area contributed by atoms with E-state index in [1.807, 2.05) is 19.1 Å². The second-order valence-corrected chi connectivity index (χ2v) is 5.64. The second kappa shape index (κ2) is 6.86. The Morgan fingerprint density at radius 2 is 2.30 bits per heavy atom. The van der Waals surface area contributed by atoms with Gasteiger partial charge in [-0.2, -0.15) is 0 Å². The number of nitrogens with one attached hydrogen (secondary N) is 2. The van der Waals surface area contributed by atoms with Crippen molar-refractivity contribution in [3.05, 3.63) is 29.3 Å². The van der Waals surface area contributed by atoms with Crippen LogP contribution >= 0.6 is 0 Å². The Morgan fingerprint density at radius 3 is 2.95 bits per heavy atom. The molecule has 1 aliphatic heterocycles. The van der Waals surface area contributed by atoms with E-state index in [1.54, 1.807) is 0 Å². The Bertz CT molecular complexity index is 466. The van der Waals surface area contributed by atoms with Gasteiger partial charge in [0.2, 0.25) is 5.91 Å². The molecule has 0 saturated carbocycles. The Labute approximate surface area is 120 Å². The van der Waals surface area contributed by atoms with Crippen molar-refractivity contribution < 1.29 is 9.53 Å². The standard InChI is InChI=1S/C16H24N2O2/c1-11(2)14-6-4-5-12(3)16(14)18-15(19)9-13-10-17-7-8-20-13/h4-6,11,13,17H,7-10H2,1-3H3,(H,18,19). The van der Waals surface area contributed by atoms with Crippen LogP contribution in [0.4, 0.5) is 5.69 Å². The van der Waals surface area contributed by atoms with Crippen molar-refractivity contribution in [1.82, 2.24) is 5.32 Å². The highest BCUT2D eigenvalue weighted by molar-refractivity contribution is 5.92. The highest BCUT2D eigenvalue weighted by Crippen LogP contribution is 2.27. The highest BCUT2D eigenvalue weighted by Gasteiger charge is 2.19. The number of para-hydroxylation sites is 1. The second-order valence-electron chi connectivity index (χ2n) is 5.64. The van der Waals surface area contributed by atoms with Gasteiger partial charge < -0.3 is 15.4 Å². The van der Waals surface area contributed by atoms with Crippen LogP contribution in [-0.4, -0.2) is 31.7 Å². The predicted molar refractivity (Wildman–Crippen MR) is 81.1 cm³/mol. The maximum Gasteiger partial charge on any atom is 0.227 e. The fraction of sp³-hybridized carbons (Fsp3) is 0.562. The number of hydrogen-bond acceptors (Lipinski definition) is 3. The first-order valence-electron chi connectivity index (χ1n) is 7.29. The molecule has 1 aliphatic rings. The van der Waals surface area contributed by atoms with E-state index in [9.17, 15) is 4.79 Å². The molecule has 0 radical (unpaired) electrons. The number of morpholine rings is 1. The normalized spacial score (nSPS) is 19.1. The van der Waals surface area contributed by atoms with Crippen LogP contribution in [0, 0.1) is 6.92 Å². The molecule has 4 heteroatoms. The highest BCUT2D eigenvalue weighted by atomic mass is 16.5. The lowest BCUT2D eigenvalue weighted by atomic mass is 9.98. The van der Waals surface area contributed by atoms with Gasteiger partial charge in [-0.3, -0.25) is 4.79 Å². The quantitative estimate of drug-likeness (QED) is 0.888. The molecule has 1 unspecified atom stereocenters. The van der Waals surface area contributed by atoms with Crippen LogP contribution in [0.5, 0.6) is 0 Å². The van der Waals surface area contributed by atoms with Crippen LogP contribution in [0.1, 0.15) is 37.3 Å². The number of benzene rings is 1. The fourth-order valence-electron chi connectivity index (χ4n) is 2.49. The lowest BCUT2D eigenvalue weighted by molar-refractivity contribution is -0.119. The van der Waals surface area contributed by atoms with E-state index >= 15 is 0 Å². The minimum absolute atomic E-state index is 0.0183. The summed E-state index contributed by atoms with van der Waals surface area (Å²) < 4.78 is 5.57. The molecule has 1 aromatic rings. The van der Waals surface area contributed by atoms with E-state index in [4.69, 9.17) is 4.74 Å². The number of amides is 1. The number of carbonyl (C=O) groups is 1. The summed E-state index contributed by atoms with van der Waals surface area (Å²) in [5, 5.41) is 6.30. The van der Waals surface area contributed by atoms with Crippen molar-refractivity contribution in [2.75, 3.05) is 25.0 Å². The SMILES string of the molecule is Cc1cccc(C(C)C)c1NC(=O)CC1CNCCO1. The van der Waals surface area contributed by atoms with Gasteiger partial charge in [0.05, 0.1) is 19.1 Å². The summed E-state index contributed by atoms with van der Waals surface area (Å²) in [6.07, 6.45) is 0.383. The maximum absolute atomic E-state index is 12.2. The van der Waals surface area contributed by atoms with Crippen molar-refractivity contribution in [3.8, 4) is 0 Å². The molecular formula is C16H24N2O2. The summed E-state index contributed by atoms with van der Waals surface area (Å²) in [5.41, 5.74) is 3.24. The zero-order chi connectivity index (χ0) is 14.5. The average Bonchev–Trinajstić information content (AvgIpc) is 2.42. The van der Waals surface area contributed by atoms with Gasteiger partial charge in [0, 0.05) is 18.8 Å². The molecule has 2 rings (SSSR count). The Balaban J connectivity index is 2.03. The summed E-state index contributed by atoms with van der Waals surface area (Å²) in [6.45, 7) is 8.60. The van der Waals surface area contributed by atoms with Crippen LogP contribution in [-0.2, 0) is 9.53 Å². The van der Waals surface area contributed by atoms with Crippen LogP contribution in [0.15, 0.2) is 18.2 Å². The van der Waals surface area contributed by atoms with Gasteiger partial charge in [-0.1, -0.05) is 32.0 Å². The summed E-state index contributed by atoms with van der Waals surface area (Å²) in [5.74, 6) is 0.410. The van der Waals surface area contributed by atoms with E-state index in [0.29, 0.717) is 18.9 Å². The van der Waals surface area contributed by atoms with Crippen LogP contribution in [0.3, 0.4) is 0 Å². The van der Waals surface area contributed by atoms with Crippen molar-refractivity contribution in [2.24, 2.45) is 0 Å². The summed E-state index contributed by atoms with van der Waals surface area (Å²) >= 11 is 0. The third-order valence-electron chi connectivity index (χ3n) is 3.61. The van der Waals surface area contributed by atoms with E-state index in [2.05, 4.69) is 30.5 Å². The zero-order valence-electron chi connectivity index (χ0n) is 12.5. The van der Waals surface area contributed by atoms with E-state index < -0.39 is 0 Å². The van der Waals surface area contributed by atoms with Crippen LogP contribution < -0.4 is 10.6 Å². The molecule has 0 aromatic heterocycles. The largest absolute Gasteiger partial charge is 0.375 e. The summed E-state index contributed by atoms with van der Waals surface area (Å²) in [7, 11) is 0. The fourth-order valence-corrected chi connectivity index (χ4v) is 2.49. The molecule has 1 amide bonds. The molecule has 1 saturated heterocycles. The monoisotopic (exact) mass is 276 g/mol. The lowest BCUT2D eigenvalue weighted by Crippen LogP contribution is -2.40. The minimum atomic E-state index is -0.0183. The van der Waals surface area contributed by atoms with E-state index in [0.717, 1.165) is 24.3 Å². The minimum Gasteiger partial charge on any atom is -0.375 e. The van der Waals surface area contributed by atoms with Crippen molar-refractivity contribution in [1.29, 1.82) is 0 Å². The molecule has 0 aliphatic carbocycles. The Morgan fingerprint density at radius 1 is 1.50 bits per heavy atom. The predicted octanol–water partition coefficient (Wildman–Crippen LogP) is 2.44. The number of rotatable bonds is 4. The first kappa shape index (κ1) is 15.0. The van der Waals surface area contributed by atoms with Gasteiger partial charge in [-0.25, -0.2) is 0 Å². The molecule has 2 N–H and O–H groups in total. The van der Waals surface area contributed by atoms with Crippen molar-refractivity contribution in [2.45, 2.75) is 39.2 Å². The molecular weight excluding hydrogens is 252 g/mol. The molecule has 1 fully saturated rings. The third-order valence-corrected chi connectivity index (χ3v) is 3.61. The number of anilines is 1. The van der Waals surface area contributed by atoms with Crippen molar-refractivity contribution in [3.63, 3.8) is 0 Å². The number of hydrogen-bond donors (Lipinski definition) is 2. The van der Waals surface area contributed by atoms with Gasteiger partial charge in [-0.15, -0.1) is 0 Å². The van der Waals surface area contributed by atoms with E-state index in [-0.39, 0.29) is 12.0 Å². The van der Waals surface area contributed by atoms with Gasteiger partial charge >= 0.3 is 0 Å². The summed E-state index contributed by atoms with van der Waals surface area (Å²) in [4.78, 5) is 12.2. The Kier molecular flexibility index (Phi) is 5.15. The molecule has 4 nitrogen and oxygen atoms in total. The van der Waals surface area contributed by atoms with Gasteiger partial charge in [0.25, 0.3) is 0 Å². The number of carbonyl (C=O) groups excluding carboxylic acids is 1. The topological polar surface area (TPSA) is 50.4 Å². The van der Waals surface area contributed by atoms with Crippen LogP contribution in [0.25, 0.3) is 0 Å². The maximum atomic E-state index is 12.2. The molecule has 0 bridgehead atoms. The lowest BCUT2D eigenvalue weighted by Gasteiger charge is -2.23. The first-order chi connectivity index (χ1) is 9.58. The molecule has 20 heavy (non-hydrogen) atoms. The van der Waals surface area contributed by atoms with Crippen LogP contribution in [0.2, 0.25) is 0 Å². The molecule has 0 spiro atoms. The van der Waals surface area contributed by atoms with Gasteiger partial charge in [0.1, 0.15) is 0 Å². The number of aryl methyl sites for hydroxylation is 1. The zero-order valence-corrected chi connectivity index (χ0v) is 12.5. The van der Waals surface area contributed by atoms with E-state index in [1.165, 1.54) is 5.56 Å². The average molecular weight is 276 g/mol. The van der Waals surface area contributed by atoms with Gasteiger partial charge in [0.15, 0.2) is 0 Å². The smallest absolute Gasteiger partial charge is 0.227 e. The molecule has 1 heterocycles.